The molecule has 0 fully saturated rings. The first-order chi connectivity index (χ1) is 38.2. The maximum absolute atomic E-state index is 2.96. The molecule has 12 aromatic carbocycles. The molecule has 13 rings (SSSR count). The summed E-state index contributed by atoms with van der Waals surface area (Å²) in [7, 11) is -2.96. The lowest BCUT2D eigenvalue weighted by atomic mass is 9.85. The van der Waals surface area contributed by atoms with E-state index in [9.17, 15) is 0 Å². The molecule has 0 unspecified atom stereocenters. The summed E-state index contributed by atoms with van der Waals surface area (Å²) in [6.45, 7) is 0. The molecule has 1 aliphatic rings. The molecule has 12 aromatic rings. The van der Waals surface area contributed by atoms with Gasteiger partial charge in [-0.3, -0.25) is 0 Å². The summed E-state index contributed by atoms with van der Waals surface area (Å²) >= 11 is 0. The van der Waals surface area contributed by atoms with Crippen LogP contribution in [0.25, 0.3) is 55.7 Å². The van der Waals surface area contributed by atoms with Crippen molar-refractivity contribution >= 4 is 51.1 Å². The Morgan fingerprint density at radius 2 is 0.416 bits per heavy atom. The number of rotatable bonds is 12. The second-order valence-electron chi connectivity index (χ2n) is 19.9. The Hall–Kier alpha value is -9.66. The van der Waals surface area contributed by atoms with Gasteiger partial charge in [0.05, 0.1) is 0 Å². The molecule has 0 aromatic heterocycles. The minimum absolute atomic E-state index is 1.17. The van der Waals surface area contributed by atoms with Gasteiger partial charge in [0.15, 0.2) is 8.07 Å². The lowest BCUT2D eigenvalue weighted by Gasteiger charge is -2.32. The van der Waals surface area contributed by atoms with Gasteiger partial charge in [0.2, 0.25) is 0 Å². The normalized spacial score (nSPS) is 12.0. The third kappa shape index (κ3) is 8.83. The van der Waals surface area contributed by atoms with Crippen LogP contribution >= 0.6 is 0 Å². The van der Waals surface area contributed by atoms with E-state index in [1.54, 1.807) is 0 Å². The van der Waals surface area contributed by atoms with Crippen molar-refractivity contribution in [2.75, 3.05) is 0 Å². The van der Waals surface area contributed by atoms with Gasteiger partial charge in [0, 0.05) is 0 Å². The third-order valence-corrected chi connectivity index (χ3v) is 20.2. The largest absolute Gasteiger partial charge is 0.180 e. The van der Waals surface area contributed by atoms with Crippen molar-refractivity contribution in [2.45, 2.75) is 0 Å². The first-order valence-corrected chi connectivity index (χ1v) is 28.7. The van der Waals surface area contributed by atoms with E-state index in [0.29, 0.717) is 0 Å². The van der Waals surface area contributed by atoms with Gasteiger partial charge in [-0.2, -0.15) is 0 Å². The van der Waals surface area contributed by atoms with Crippen molar-refractivity contribution in [1.29, 1.82) is 0 Å². The highest BCUT2D eigenvalue weighted by atomic mass is 28.3. The fourth-order valence-electron chi connectivity index (χ4n) is 12.0. The quantitative estimate of drug-likeness (QED) is 0.0845. The predicted molar refractivity (Wildman–Crippen MR) is 329 cm³/mol. The highest BCUT2D eigenvalue weighted by molar-refractivity contribution is 7.22. The van der Waals surface area contributed by atoms with Crippen molar-refractivity contribution < 1.29 is 0 Å². The molecule has 0 spiro atoms. The molecule has 0 N–H and O–H groups in total. The fraction of sp³-hybridized carbons (Fsp3) is 0. The zero-order valence-corrected chi connectivity index (χ0v) is 43.7. The molecule has 0 bridgehead atoms. The first kappa shape index (κ1) is 47.1. The summed E-state index contributed by atoms with van der Waals surface area (Å²) in [6, 6.07) is 121. The van der Waals surface area contributed by atoms with Crippen molar-refractivity contribution in [3.63, 3.8) is 0 Å². The van der Waals surface area contributed by atoms with Crippen LogP contribution in [0.1, 0.15) is 44.5 Å². The molecule has 0 amide bonds. The van der Waals surface area contributed by atoms with Crippen LogP contribution in [-0.4, -0.2) is 8.07 Å². The van der Waals surface area contributed by atoms with Gasteiger partial charge in [-0.05, 0) is 133 Å². The summed E-state index contributed by atoms with van der Waals surface area (Å²) < 4.78 is 0. The molecule has 0 nitrogen and oxygen atoms in total. The van der Waals surface area contributed by atoms with Crippen molar-refractivity contribution in [3.8, 4) is 33.4 Å². The zero-order chi connectivity index (χ0) is 51.4. The maximum Gasteiger partial charge on any atom is 0.180 e. The molecule has 77 heavy (non-hydrogen) atoms. The Bertz CT molecular complexity index is 3720. The second-order valence-corrected chi connectivity index (χ2v) is 23.6. The van der Waals surface area contributed by atoms with E-state index in [0.717, 1.165) is 0 Å². The molecule has 0 radical (unpaired) electrons. The van der Waals surface area contributed by atoms with Crippen LogP contribution in [0.3, 0.4) is 0 Å². The average Bonchev–Trinajstić information content (AvgIpc) is 4.09. The molecule has 0 atom stereocenters. The summed E-state index contributed by atoms with van der Waals surface area (Å²) in [5.74, 6) is 0. The molecule has 0 aliphatic carbocycles. The molecular weight excluding hydrogens is 941 g/mol. The number of hydrogen-bond acceptors (Lipinski definition) is 0. The monoisotopic (exact) mass is 994 g/mol. The predicted octanol–water partition coefficient (Wildman–Crippen LogP) is 16.4. The summed E-state index contributed by atoms with van der Waals surface area (Å²) in [6.07, 6.45) is 0. The maximum atomic E-state index is 2.55. The van der Waals surface area contributed by atoms with Crippen LogP contribution in [0.2, 0.25) is 0 Å². The molecule has 1 heteroatoms. The Kier molecular flexibility index (Phi) is 12.8. The smallest absolute Gasteiger partial charge is 0.0623 e. The molecule has 362 valence electrons. The van der Waals surface area contributed by atoms with Crippen LogP contribution in [0.4, 0.5) is 0 Å². The zero-order valence-electron chi connectivity index (χ0n) is 42.7. The topological polar surface area (TPSA) is 0 Å². The van der Waals surface area contributed by atoms with E-state index in [-0.39, 0.29) is 0 Å². The number of hydrogen-bond donors (Lipinski definition) is 0. The van der Waals surface area contributed by atoms with Gasteiger partial charge in [0.1, 0.15) is 0 Å². The van der Waals surface area contributed by atoms with Gasteiger partial charge in [-0.25, -0.2) is 0 Å². The standard InChI is InChI=1S/C76H54Si/c1-9-27-55(28-10-1)73(56-29-11-2-12-30-56)75(59-35-17-5-18-36-59)65-41-25-39-61(51-65)63-47-49-69-70-50-48-64(54-72(70)77(71(69)53-63,67-43-21-7-22-44-67)68-45-23-8-24-46-68)62-40-26-42-66(52-62)76(60-37-19-6-20-38-60)74(57-31-13-3-14-32-57)58-33-15-4-16-34-58/h1-54H. The minimum Gasteiger partial charge on any atom is -0.0623 e. The molecule has 1 aliphatic heterocycles. The molecule has 1 heterocycles. The lowest BCUT2D eigenvalue weighted by Crippen LogP contribution is -2.72. The summed E-state index contributed by atoms with van der Waals surface area (Å²) in [4.78, 5) is 0. The van der Waals surface area contributed by atoms with Crippen LogP contribution in [0.5, 0.6) is 0 Å². The fourth-order valence-corrected chi connectivity index (χ4v) is 17.2. The van der Waals surface area contributed by atoms with Gasteiger partial charge >= 0.3 is 0 Å². The Balaban J connectivity index is 1.000. The third-order valence-electron chi connectivity index (χ3n) is 15.4. The lowest BCUT2D eigenvalue weighted by molar-refractivity contribution is 1.50. The Morgan fingerprint density at radius 3 is 0.701 bits per heavy atom. The minimum atomic E-state index is -2.96. The van der Waals surface area contributed by atoms with E-state index in [2.05, 4.69) is 328 Å². The van der Waals surface area contributed by atoms with Gasteiger partial charge in [-0.1, -0.05) is 315 Å². The highest BCUT2D eigenvalue weighted by Gasteiger charge is 2.49. The van der Waals surface area contributed by atoms with E-state index in [1.807, 2.05) is 0 Å². The van der Waals surface area contributed by atoms with Gasteiger partial charge in [0.25, 0.3) is 0 Å². The van der Waals surface area contributed by atoms with E-state index < -0.39 is 8.07 Å². The van der Waals surface area contributed by atoms with Gasteiger partial charge < -0.3 is 0 Å². The number of benzene rings is 12. The first-order valence-electron chi connectivity index (χ1n) is 26.7. The van der Waals surface area contributed by atoms with E-state index in [4.69, 9.17) is 0 Å². The summed E-state index contributed by atoms with van der Waals surface area (Å²) in [5.41, 5.74) is 21.7. The van der Waals surface area contributed by atoms with Gasteiger partial charge in [-0.15, -0.1) is 0 Å². The van der Waals surface area contributed by atoms with E-state index >= 15 is 0 Å². The molecule has 0 saturated heterocycles. The van der Waals surface area contributed by atoms with Crippen molar-refractivity contribution in [2.24, 2.45) is 0 Å². The Morgan fingerprint density at radius 1 is 0.182 bits per heavy atom. The van der Waals surface area contributed by atoms with E-state index in [1.165, 1.54) is 121 Å². The molecule has 0 saturated carbocycles. The van der Waals surface area contributed by atoms with Crippen LogP contribution in [-0.2, 0) is 0 Å². The van der Waals surface area contributed by atoms with Crippen molar-refractivity contribution in [1.82, 2.24) is 0 Å². The average molecular weight is 995 g/mol. The number of fused-ring (bicyclic) bond motifs is 3. The van der Waals surface area contributed by atoms with Crippen molar-refractivity contribution in [3.05, 3.63) is 372 Å². The van der Waals surface area contributed by atoms with Crippen LogP contribution in [0, 0.1) is 0 Å². The molecular formula is C76H54Si. The highest BCUT2D eigenvalue weighted by Crippen LogP contribution is 2.41. The van der Waals surface area contributed by atoms with Crippen LogP contribution < -0.4 is 20.7 Å². The van der Waals surface area contributed by atoms with Crippen LogP contribution in [0.15, 0.2) is 328 Å². The second kappa shape index (κ2) is 20.9. The Labute approximate surface area is 454 Å². The summed E-state index contributed by atoms with van der Waals surface area (Å²) in [5, 5.41) is 5.57. The SMILES string of the molecule is c1ccc(C(=C(c2ccccc2)c2cccc(-c3ccc4c(c3)[Si](c3ccccc3)(c3ccccc3)c3cc(-c5cccc(C(=C(c6ccccc6)c6ccccc6)c6ccccc6)c5)ccc3-4)c2)c2ccccc2)cc1.